The van der Waals surface area contributed by atoms with Gasteiger partial charge in [-0.15, -0.1) is 0 Å². The SMILES string of the molecule is COC(=O)C1(NC(=O)Cc2c(C)cc(Cl)cc2CO)CCOCC1. The van der Waals surface area contributed by atoms with Crippen molar-refractivity contribution in [3.05, 3.63) is 33.8 Å². The van der Waals surface area contributed by atoms with Crippen LogP contribution in [0.1, 0.15) is 29.5 Å². The first-order chi connectivity index (χ1) is 11.4. The van der Waals surface area contributed by atoms with Crippen molar-refractivity contribution in [1.82, 2.24) is 5.32 Å². The number of aliphatic hydroxyl groups is 1. The van der Waals surface area contributed by atoms with Crippen LogP contribution in [0.15, 0.2) is 12.1 Å². The van der Waals surface area contributed by atoms with Gasteiger partial charge in [-0.3, -0.25) is 4.79 Å². The third kappa shape index (κ3) is 4.06. The lowest BCUT2D eigenvalue weighted by atomic mass is 9.89. The first-order valence-corrected chi connectivity index (χ1v) is 8.15. The molecule has 24 heavy (non-hydrogen) atoms. The molecule has 1 aromatic carbocycles. The first-order valence-electron chi connectivity index (χ1n) is 7.78. The van der Waals surface area contributed by atoms with Crippen LogP contribution in [-0.4, -0.2) is 42.8 Å². The summed E-state index contributed by atoms with van der Waals surface area (Å²) in [6, 6.07) is 3.38. The lowest BCUT2D eigenvalue weighted by Gasteiger charge is -2.35. The molecule has 0 unspecified atom stereocenters. The number of carbonyl (C=O) groups is 2. The summed E-state index contributed by atoms with van der Waals surface area (Å²) >= 11 is 5.99. The molecule has 0 saturated carbocycles. The Labute approximate surface area is 146 Å². The largest absolute Gasteiger partial charge is 0.467 e. The summed E-state index contributed by atoms with van der Waals surface area (Å²) in [4.78, 5) is 24.7. The number of carbonyl (C=O) groups excluding carboxylic acids is 2. The fraction of sp³-hybridized carbons (Fsp3) is 0.529. The molecule has 1 aliphatic rings. The summed E-state index contributed by atoms with van der Waals surface area (Å²) < 4.78 is 10.1. The van der Waals surface area contributed by atoms with Crippen LogP contribution in [-0.2, 0) is 32.1 Å². The summed E-state index contributed by atoms with van der Waals surface area (Å²) in [5.41, 5.74) is 1.09. The highest BCUT2D eigenvalue weighted by Gasteiger charge is 2.42. The lowest BCUT2D eigenvalue weighted by Crippen LogP contribution is -2.58. The van der Waals surface area contributed by atoms with E-state index in [0.717, 1.165) is 5.56 Å². The van der Waals surface area contributed by atoms with Crippen molar-refractivity contribution in [3.63, 3.8) is 0 Å². The van der Waals surface area contributed by atoms with E-state index in [1.807, 2.05) is 6.92 Å². The Bertz CT molecular complexity index is 626. The van der Waals surface area contributed by atoms with Gasteiger partial charge in [-0.1, -0.05) is 11.6 Å². The predicted molar refractivity (Wildman–Crippen MR) is 88.8 cm³/mol. The van der Waals surface area contributed by atoms with Crippen LogP contribution in [0.25, 0.3) is 0 Å². The maximum Gasteiger partial charge on any atom is 0.331 e. The molecule has 2 N–H and O–H groups in total. The van der Waals surface area contributed by atoms with E-state index >= 15 is 0 Å². The van der Waals surface area contributed by atoms with Gasteiger partial charge in [0.15, 0.2) is 0 Å². The molecule has 0 aromatic heterocycles. The summed E-state index contributed by atoms with van der Waals surface area (Å²) in [6.45, 7) is 2.40. The van der Waals surface area contributed by atoms with Crippen LogP contribution < -0.4 is 5.32 Å². The van der Waals surface area contributed by atoms with Crippen molar-refractivity contribution < 1.29 is 24.2 Å². The van der Waals surface area contributed by atoms with Crippen molar-refractivity contribution in [2.24, 2.45) is 0 Å². The molecule has 132 valence electrons. The van der Waals surface area contributed by atoms with Crippen LogP contribution in [0, 0.1) is 6.92 Å². The lowest BCUT2D eigenvalue weighted by molar-refractivity contribution is -0.155. The number of methoxy groups -OCH3 is 1. The third-order valence-corrected chi connectivity index (χ3v) is 4.56. The van der Waals surface area contributed by atoms with Gasteiger partial charge in [-0.05, 0) is 35.7 Å². The number of ether oxygens (including phenoxy) is 2. The number of hydrogen-bond donors (Lipinski definition) is 2. The monoisotopic (exact) mass is 355 g/mol. The van der Waals surface area contributed by atoms with E-state index in [1.165, 1.54) is 7.11 Å². The summed E-state index contributed by atoms with van der Waals surface area (Å²) in [5.74, 6) is -0.767. The summed E-state index contributed by atoms with van der Waals surface area (Å²) in [6.07, 6.45) is 0.800. The molecule has 0 bridgehead atoms. The van der Waals surface area contributed by atoms with Crippen molar-refractivity contribution in [2.75, 3.05) is 20.3 Å². The molecule has 7 heteroatoms. The zero-order valence-electron chi connectivity index (χ0n) is 13.9. The van der Waals surface area contributed by atoms with E-state index < -0.39 is 11.5 Å². The fourth-order valence-electron chi connectivity index (χ4n) is 3.00. The Morgan fingerprint density at radius 3 is 2.62 bits per heavy atom. The van der Waals surface area contributed by atoms with E-state index in [1.54, 1.807) is 12.1 Å². The van der Waals surface area contributed by atoms with Gasteiger partial charge >= 0.3 is 5.97 Å². The van der Waals surface area contributed by atoms with E-state index in [0.29, 0.717) is 42.2 Å². The minimum atomic E-state index is -1.05. The van der Waals surface area contributed by atoms with Crippen molar-refractivity contribution in [1.29, 1.82) is 0 Å². The Morgan fingerprint density at radius 1 is 1.38 bits per heavy atom. The van der Waals surface area contributed by atoms with Crippen molar-refractivity contribution in [2.45, 2.75) is 38.3 Å². The third-order valence-electron chi connectivity index (χ3n) is 4.34. The molecule has 6 nitrogen and oxygen atoms in total. The normalized spacial score (nSPS) is 16.5. The first kappa shape index (κ1) is 18.7. The van der Waals surface area contributed by atoms with Crippen molar-refractivity contribution in [3.8, 4) is 0 Å². The number of aryl methyl sites for hydroxylation is 1. The van der Waals surface area contributed by atoms with Crippen LogP contribution in [0.5, 0.6) is 0 Å². The number of amides is 1. The predicted octanol–water partition coefficient (Wildman–Crippen LogP) is 1.52. The molecule has 1 saturated heterocycles. The molecule has 1 fully saturated rings. The van der Waals surface area contributed by atoms with Gasteiger partial charge in [-0.25, -0.2) is 4.79 Å². The molecule has 0 radical (unpaired) electrons. The van der Waals surface area contributed by atoms with E-state index in [4.69, 9.17) is 21.1 Å². The van der Waals surface area contributed by atoms with Gasteiger partial charge in [-0.2, -0.15) is 0 Å². The smallest absolute Gasteiger partial charge is 0.331 e. The second-order valence-corrected chi connectivity index (χ2v) is 6.37. The number of benzene rings is 1. The standard InChI is InChI=1S/C17H22ClNO5/c1-11-7-13(18)8-12(10-20)14(11)9-15(21)19-17(16(22)23-2)3-5-24-6-4-17/h7-8,20H,3-6,9-10H2,1-2H3,(H,19,21). The van der Waals surface area contributed by atoms with E-state index in [9.17, 15) is 14.7 Å². The number of aliphatic hydroxyl groups excluding tert-OH is 1. The fourth-order valence-corrected chi connectivity index (χ4v) is 3.30. The second-order valence-electron chi connectivity index (χ2n) is 5.93. The number of nitrogens with one attached hydrogen (secondary N) is 1. The second kappa shape index (κ2) is 7.96. The van der Waals surface area contributed by atoms with Crippen LogP contribution in [0.4, 0.5) is 0 Å². The molecular formula is C17H22ClNO5. The molecule has 0 aliphatic carbocycles. The zero-order chi connectivity index (χ0) is 17.7. The average molecular weight is 356 g/mol. The van der Waals surface area contributed by atoms with Crippen molar-refractivity contribution >= 4 is 23.5 Å². The quantitative estimate of drug-likeness (QED) is 0.782. The van der Waals surface area contributed by atoms with E-state index in [2.05, 4.69) is 5.32 Å². The molecule has 0 spiro atoms. The van der Waals surface area contributed by atoms with Gasteiger partial charge in [0.25, 0.3) is 0 Å². The Morgan fingerprint density at radius 2 is 2.04 bits per heavy atom. The Hall–Kier alpha value is -1.63. The van der Waals surface area contributed by atoms with Crippen LogP contribution in [0.3, 0.4) is 0 Å². The molecule has 1 heterocycles. The van der Waals surface area contributed by atoms with E-state index in [-0.39, 0.29) is 18.9 Å². The Kier molecular flexibility index (Phi) is 6.21. The highest BCUT2D eigenvalue weighted by Crippen LogP contribution is 2.24. The maximum absolute atomic E-state index is 12.5. The highest BCUT2D eigenvalue weighted by atomic mass is 35.5. The number of halogens is 1. The number of hydrogen-bond acceptors (Lipinski definition) is 5. The minimum absolute atomic E-state index is 0.0541. The molecule has 2 rings (SSSR count). The van der Waals surface area contributed by atoms with Crippen LogP contribution in [0.2, 0.25) is 5.02 Å². The zero-order valence-corrected chi connectivity index (χ0v) is 14.6. The average Bonchev–Trinajstić information content (AvgIpc) is 2.57. The highest BCUT2D eigenvalue weighted by molar-refractivity contribution is 6.30. The van der Waals surface area contributed by atoms with Gasteiger partial charge in [0, 0.05) is 31.1 Å². The minimum Gasteiger partial charge on any atom is -0.467 e. The Balaban J connectivity index is 2.19. The number of esters is 1. The van der Waals surface area contributed by atoms with Gasteiger partial charge in [0.05, 0.1) is 20.1 Å². The molecule has 0 atom stereocenters. The van der Waals surface area contributed by atoms with Crippen LogP contribution >= 0.6 is 11.6 Å². The number of rotatable bonds is 5. The molecular weight excluding hydrogens is 334 g/mol. The van der Waals surface area contributed by atoms with Gasteiger partial charge in [0.2, 0.25) is 5.91 Å². The van der Waals surface area contributed by atoms with Gasteiger partial charge in [0.1, 0.15) is 5.54 Å². The summed E-state index contributed by atoms with van der Waals surface area (Å²) in [5, 5.41) is 12.8. The molecule has 1 aliphatic heterocycles. The maximum atomic E-state index is 12.5. The topological polar surface area (TPSA) is 84.9 Å². The molecule has 1 aromatic rings. The molecule has 1 amide bonds. The van der Waals surface area contributed by atoms with Gasteiger partial charge < -0.3 is 19.9 Å². The summed E-state index contributed by atoms with van der Waals surface area (Å²) in [7, 11) is 1.30.